The third-order valence-corrected chi connectivity index (χ3v) is 2.65. The van der Waals surface area contributed by atoms with E-state index in [1.165, 1.54) is 5.56 Å². The summed E-state index contributed by atoms with van der Waals surface area (Å²) in [7, 11) is 0. The summed E-state index contributed by atoms with van der Waals surface area (Å²) in [4.78, 5) is 11.8. The van der Waals surface area contributed by atoms with Gasteiger partial charge in [0.25, 0.3) is 0 Å². The molecule has 0 N–H and O–H groups in total. The SMILES string of the molecule is CCc1ccc2c(c1)C(=O)C(CC)O2. The Morgan fingerprint density at radius 1 is 1.36 bits per heavy atom. The maximum Gasteiger partial charge on any atom is 0.207 e. The minimum absolute atomic E-state index is 0.137. The van der Waals surface area contributed by atoms with Crippen LogP contribution in [0.5, 0.6) is 5.75 Å². The zero-order valence-corrected chi connectivity index (χ0v) is 8.54. The molecule has 0 spiro atoms. The van der Waals surface area contributed by atoms with Crippen LogP contribution in [0.4, 0.5) is 0 Å². The highest BCUT2D eigenvalue weighted by molar-refractivity contribution is 6.04. The Morgan fingerprint density at radius 2 is 2.14 bits per heavy atom. The van der Waals surface area contributed by atoms with E-state index in [4.69, 9.17) is 4.74 Å². The summed E-state index contributed by atoms with van der Waals surface area (Å²) in [5, 5.41) is 0. The molecule has 0 radical (unpaired) electrons. The van der Waals surface area contributed by atoms with Crippen LogP contribution in [-0.4, -0.2) is 11.9 Å². The first-order valence-corrected chi connectivity index (χ1v) is 5.10. The molecule has 0 saturated heterocycles. The van der Waals surface area contributed by atoms with Gasteiger partial charge in [-0.3, -0.25) is 4.79 Å². The van der Waals surface area contributed by atoms with Crippen molar-refractivity contribution in [3.05, 3.63) is 29.3 Å². The second-order valence-corrected chi connectivity index (χ2v) is 3.56. The zero-order chi connectivity index (χ0) is 10.1. The Balaban J connectivity index is 2.40. The molecule has 0 saturated carbocycles. The van der Waals surface area contributed by atoms with Crippen molar-refractivity contribution in [1.82, 2.24) is 0 Å². The van der Waals surface area contributed by atoms with Gasteiger partial charge in [-0.2, -0.15) is 0 Å². The lowest BCUT2D eigenvalue weighted by molar-refractivity contribution is 0.0853. The monoisotopic (exact) mass is 190 g/mol. The van der Waals surface area contributed by atoms with E-state index in [1.54, 1.807) is 0 Å². The van der Waals surface area contributed by atoms with Gasteiger partial charge in [-0.25, -0.2) is 0 Å². The molecular weight excluding hydrogens is 176 g/mol. The summed E-state index contributed by atoms with van der Waals surface area (Å²) in [6.07, 6.45) is 1.45. The van der Waals surface area contributed by atoms with E-state index < -0.39 is 0 Å². The average molecular weight is 190 g/mol. The Labute approximate surface area is 83.9 Å². The normalized spacial score (nSPS) is 19.3. The van der Waals surface area contributed by atoms with Crippen LogP contribution in [0.15, 0.2) is 18.2 Å². The van der Waals surface area contributed by atoms with E-state index in [1.807, 2.05) is 25.1 Å². The Bertz CT molecular complexity index is 369. The van der Waals surface area contributed by atoms with E-state index >= 15 is 0 Å². The minimum Gasteiger partial charge on any atom is -0.482 e. The van der Waals surface area contributed by atoms with Gasteiger partial charge in [0, 0.05) is 0 Å². The van der Waals surface area contributed by atoms with Crippen molar-refractivity contribution in [2.24, 2.45) is 0 Å². The predicted octanol–water partition coefficient (Wildman–Crippen LogP) is 2.60. The Morgan fingerprint density at radius 3 is 2.79 bits per heavy atom. The highest BCUT2D eigenvalue weighted by Gasteiger charge is 2.30. The molecule has 14 heavy (non-hydrogen) atoms. The third-order valence-electron chi connectivity index (χ3n) is 2.65. The molecule has 1 aliphatic rings. The van der Waals surface area contributed by atoms with Crippen molar-refractivity contribution in [1.29, 1.82) is 0 Å². The number of rotatable bonds is 2. The largest absolute Gasteiger partial charge is 0.482 e. The van der Waals surface area contributed by atoms with Crippen LogP contribution < -0.4 is 4.74 Å². The fourth-order valence-corrected chi connectivity index (χ4v) is 1.74. The maximum atomic E-state index is 11.8. The summed E-state index contributed by atoms with van der Waals surface area (Å²) < 4.78 is 5.52. The van der Waals surface area contributed by atoms with E-state index in [-0.39, 0.29) is 11.9 Å². The fraction of sp³-hybridized carbons (Fsp3) is 0.417. The van der Waals surface area contributed by atoms with Gasteiger partial charge in [-0.1, -0.05) is 19.9 Å². The second kappa shape index (κ2) is 3.45. The smallest absolute Gasteiger partial charge is 0.207 e. The lowest BCUT2D eigenvalue weighted by Crippen LogP contribution is -2.18. The number of aryl methyl sites for hydroxylation is 1. The van der Waals surface area contributed by atoms with Gasteiger partial charge < -0.3 is 4.74 Å². The molecule has 1 aromatic carbocycles. The molecular formula is C12H14O2. The van der Waals surface area contributed by atoms with Gasteiger partial charge in [-0.05, 0) is 30.5 Å². The number of benzene rings is 1. The van der Waals surface area contributed by atoms with Crippen LogP contribution in [0.25, 0.3) is 0 Å². The molecule has 74 valence electrons. The van der Waals surface area contributed by atoms with Gasteiger partial charge in [0.2, 0.25) is 5.78 Å². The third kappa shape index (κ3) is 1.31. The van der Waals surface area contributed by atoms with E-state index in [0.29, 0.717) is 0 Å². The Kier molecular flexibility index (Phi) is 2.28. The summed E-state index contributed by atoms with van der Waals surface area (Å²) >= 11 is 0. The highest BCUT2D eigenvalue weighted by atomic mass is 16.5. The molecule has 0 amide bonds. The number of ketones is 1. The number of Topliss-reactive ketones (excluding diaryl/α,β-unsaturated/α-hetero) is 1. The number of hydrogen-bond donors (Lipinski definition) is 0. The minimum atomic E-state index is -0.253. The first-order valence-electron chi connectivity index (χ1n) is 5.10. The lowest BCUT2D eigenvalue weighted by Gasteiger charge is -2.04. The van der Waals surface area contributed by atoms with Gasteiger partial charge in [0.05, 0.1) is 5.56 Å². The summed E-state index contributed by atoms with van der Waals surface area (Å²) in [6.45, 7) is 4.05. The first-order chi connectivity index (χ1) is 6.76. The number of ether oxygens (including phenoxy) is 1. The van der Waals surface area contributed by atoms with E-state index in [9.17, 15) is 4.79 Å². The molecule has 1 heterocycles. The predicted molar refractivity (Wildman–Crippen MR) is 54.9 cm³/mol. The van der Waals surface area contributed by atoms with Crippen molar-refractivity contribution in [3.8, 4) is 5.75 Å². The number of fused-ring (bicyclic) bond motifs is 1. The molecule has 0 fully saturated rings. The van der Waals surface area contributed by atoms with Crippen LogP contribution >= 0.6 is 0 Å². The molecule has 1 atom stereocenters. The zero-order valence-electron chi connectivity index (χ0n) is 8.54. The van der Waals surface area contributed by atoms with Gasteiger partial charge in [0.15, 0.2) is 6.10 Å². The average Bonchev–Trinajstić information content (AvgIpc) is 2.55. The summed E-state index contributed by atoms with van der Waals surface area (Å²) in [6, 6.07) is 5.87. The molecule has 1 aromatic rings. The van der Waals surface area contributed by atoms with Crippen LogP contribution in [-0.2, 0) is 6.42 Å². The molecule has 2 nitrogen and oxygen atoms in total. The van der Waals surface area contributed by atoms with Crippen molar-refractivity contribution in [2.45, 2.75) is 32.8 Å². The number of hydrogen-bond acceptors (Lipinski definition) is 2. The molecule has 1 aliphatic heterocycles. The van der Waals surface area contributed by atoms with Crippen molar-refractivity contribution < 1.29 is 9.53 Å². The van der Waals surface area contributed by atoms with Crippen molar-refractivity contribution in [3.63, 3.8) is 0 Å². The highest BCUT2D eigenvalue weighted by Crippen LogP contribution is 2.30. The van der Waals surface area contributed by atoms with E-state index in [2.05, 4.69) is 6.92 Å². The molecule has 2 rings (SSSR count). The number of carbonyl (C=O) groups excluding carboxylic acids is 1. The van der Waals surface area contributed by atoms with Crippen LogP contribution in [0, 0.1) is 0 Å². The van der Waals surface area contributed by atoms with Crippen molar-refractivity contribution in [2.75, 3.05) is 0 Å². The molecule has 1 unspecified atom stereocenters. The molecule has 2 heteroatoms. The fourth-order valence-electron chi connectivity index (χ4n) is 1.74. The second-order valence-electron chi connectivity index (χ2n) is 3.56. The first kappa shape index (κ1) is 9.25. The van der Waals surface area contributed by atoms with Gasteiger partial charge in [-0.15, -0.1) is 0 Å². The summed E-state index contributed by atoms with van der Waals surface area (Å²) in [5.74, 6) is 0.886. The Hall–Kier alpha value is -1.31. The summed E-state index contributed by atoms with van der Waals surface area (Å²) in [5.41, 5.74) is 1.95. The van der Waals surface area contributed by atoms with Gasteiger partial charge in [0.1, 0.15) is 5.75 Å². The van der Waals surface area contributed by atoms with Crippen LogP contribution in [0.1, 0.15) is 36.2 Å². The topological polar surface area (TPSA) is 26.3 Å². The maximum absolute atomic E-state index is 11.8. The molecule has 0 bridgehead atoms. The van der Waals surface area contributed by atoms with Gasteiger partial charge >= 0.3 is 0 Å². The quantitative estimate of drug-likeness (QED) is 0.716. The van der Waals surface area contributed by atoms with E-state index in [0.717, 1.165) is 24.2 Å². The van der Waals surface area contributed by atoms with Crippen LogP contribution in [0.3, 0.4) is 0 Å². The number of carbonyl (C=O) groups is 1. The standard InChI is InChI=1S/C12H14O2/c1-3-8-5-6-11-9(7-8)12(13)10(4-2)14-11/h5-7,10H,3-4H2,1-2H3. The lowest BCUT2D eigenvalue weighted by atomic mass is 10.0. The van der Waals surface area contributed by atoms with Crippen LogP contribution in [0.2, 0.25) is 0 Å². The molecule has 0 aromatic heterocycles. The van der Waals surface area contributed by atoms with Crippen molar-refractivity contribution >= 4 is 5.78 Å². The molecule has 0 aliphatic carbocycles.